The summed E-state index contributed by atoms with van der Waals surface area (Å²) in [5.41, 5.74) is 7.26. The molecule has 0 aliphatic rings. The molecule has 1 amide bonds. The lowest BCUT2D eigenvalue weighted by atomic mass is 10.2. The molecule has 5 heteroatoms. The summed E-state index contributed by atoms with van der Waals surface area (Å²) < 4.78 is 1.92. The quantitative estimate of drug-likeness (QED) is 0.814. The molecular formula is C12H16N4O. The third-order valence-electron chi connectivity index (χ3n) is 2.39. The summed E-state index contributed by atoms with van der Waals surface area (Å²) in [5, 5.41) is 2.80. The van der Waals surface area contributed by atoms with E-state index in [1.54, 1.807) is 0 Å². The van der Waals surface area contributed by atoms with Crippen molar-refractivity contribution in [1.82, 2.24) is 14.7 Å². The predicted molar refractivity (Wildman–Crippen MR) is 65.3 cm³/mol. The van der Waals surface area contributed by atoms with Gasteiger partial charge < -0.3 is 15.5 Å². The van der Waals surface area contributed by atoms with E-state index < -0.39 is 0 Å². The minimum atomic E-state index is -0.115. The molecule has 0 fully saturated rings. The first-order valence-electron chi connectivity index (χ1n) is 5.60. The highest BCUT2D eigenvalue weighted by Gasteiger charge is 2.06. The molecule has 1 atom stereocenters. The molecule has 2 rings (SSSR count). The van der Waals surface area contributed by atoms with Crippen molar-refractivity contribution in [3.8, 4) is 0 Å². The molecule has 2 aromatic rings. The fraction of sp³-hybridized carbons (Fsp3) is 0.333. The van der Waals surface area contributed by atoms with Crippen molar-refractivity contribution >= 4 is 11.6 Å². The number of amides is 1. The molecule has 0 aliphatic heterocycles. The van der Waals surface area contributed by atoms with E-state index >= 15 is 0 Å². The molecule has 0 saturated carbocycles. The van der Waals surface area contributed by atoms with E-state index in [-0.39, 0.29) is 11.9 Å². The largest absolute Gasteiger partial charge is 0.350 e. The Balaban J connectivity index is 1.97. The lowest BCUT2D eigenvalue weighted by Gasteiger charge is -2.05. The van der Waals surface area contributed by atoms with Gasteiger partial charge in [-0.3, -0.25) is 4.79 Å². The van der Waals surface area contributed by atoms with E-state index in [1.807, 2.05) is 41.9 Å². The second kappa shape index (κ2) is 4.97. The van der Waals surface area contributed by atoms with Gasteiger partial charge in [-0.2, -0.15) is 0 Å². The Morgan fingerprint density at radius 3 is 3.12 bits per heavy atom. The molecule has 17 heavy (non-hydrogen) atoms. The SMILES string of the molecule is CC(N)CC(=O)NCc1cn2ccccc2n1. The topological polar surface area (TPSA) is 72.4 Å². The number of hydrogen-bond acceptors (Lipinski definition) is 3. The van der Waals surface area contributed by atoms with E-state index in [1.165, 1.54) is 0 Å². The zero-order valence-corrected chi connectivity index (χ0v) is 9.76. The normalized spacial score (nSPS) is 12.6. The van der Waals surface area contributed by atoms with Crippen LogP contribution in [0.15, 0.2) is 30.6 Å². The van der Waals surface area contributed by atoms with Crippen LogP contribution in [0.25, 0.3) is 5.65 Å². The van der Waals surface area contributed by atoms with E-state index in [0.29, 0.717) is 13.0 Å². The van der Waals surface area contributed by atoms with Gasteiger partial charge in [0, 0.05) is 24.9 Å². The molecule has 0 saturated heterocycles. The number of carbonyl (C=O) groups is 1. The number of pyridine rings is 1. The van der Waals surface area contributed by atoms with E-state index in [9.17, 15) is 4.79 Å². The molecule has 2 aromatic heterocycles. The average Bonchev–Trinajstić information content (AvgIpc) is 2.68. The lowest BCUT2D eigenvalue weighted by molar-refractivity contribution is -0.121. The maximum absolute atomic E-state index is 11.4. The molecule has 5 nitrogen and oxygen atoms in total. The molecule has 0 aliphatic carbocycles. The summed E-state index contributed by atoms with van der Waals surface area (Å²) in [5.74, 6) is -0.0444. The fourth-order valence-electron chi connectivity index (χ4n) is 1.63. The van der Waals surface area contributed by atoms with Gasteiger partial charge in [0.05, 0.1) is 12.2 Å². The Morgan fingerprint density at radius 1 is 1.59 bits per heavy atom. The van der Waals surface area contributed by atoms with Crippen molar-refractivity contribution in [2.45, 2.75) is 25.9 Å². The van der Waals surface area contributed by atoms with Crippen molar-refractivity contribution < 1.29 is 4.79 Å². The second-order valence-electron chi connectivity index (χ2n) is 4.16. The molecule has 0 radical (unpaired) electrons. The number of hydrogen-bond donors (Lipinski definition) is 2. The Hall–Kier alpha value is -1.88. The Bertz CT molecular complexity index is 485. The molecule has 1 unspecified atom stereocenters. The van der Waals surface area contributed by atoms with Gasteiger partial charge in [0.15, 0.2) is 0 Å². The molecule has 0 aromatic carbocycles. The summed E-state index contributed by atoms with van der Waals surface area (Å²) in [6, 6.07) is 5.68. The summed E-state index contributed by atoms with van der Waals surface area (Å²) >= 11 is 0. The van der Waals surface area contributed by atoms with Crippen molar-refractivity contribution in [2.75, 3.05) is 0 Å². The average molecular weight is 232 g/mol. The lowest BCUT2D eigenvalue weighted by Crippen LogP contribution is -2.29. The van der Waals surface area contributed by atoms with E-state index in [4.69, 9.17) is 5.73 Å². The Morgan fingerprint density at radius 2 is 2.41 bits per heavy atom. The highest BCUT2D eigenvalue weighted by atomic mass is 16.1. The number of imidazole rings is 1. The maximum atomic E-state index is 11.4. The van der Waals surface area contributed by atoms with Gasteiger partial charge in [-0.15, -0.1) is 0 Å². The van der Waals surface area contributed by atoms with Crippen LogP contribution >= 0.6 is 0 Å². The molecule has 3 N–H and O–H groups in total. The first kappa shape index (κ1) is 11.6. The number of fused-ring (bicyclic) bond motifs is 1. The smallest absolute Gasteiger partial charge is 0.221 e. The van der Waals surface area contributed by atoms with Crippen LogP contribution in [0.1, 0.15) is 19.0 Å². The summed E-state index contributed by atoms with van der Waals surface area (Å²) in [6.07, 6.45) is 4.17. The maximum Gasteiger partial charge on any atom is 0.221 e. The van der Waals surface area contributed by atoms with Gasteiger partial charge in [-0.25, -0.2) is 4.98 Å². The standard InChI is InChI=1S/C12H16N4O/c1-9(13)6-12(17)14-7-10-8-16-5-3-2-4-11(16)15-10/h2-5,8-9H,6-7,13H2,1H3,(H,14,17). The van der Waals surface area contributed by atoms with Gasteiger partial charge >= 0.3 is 0 Å². The first-order chi connectivity index (χ1) is 8.15. The van der Waals surface area contributed by atoms with E-state index in [2.05, 4.69) is 10.3 Å². The number of nitrogens with zero attached hydrogens (tertiary/aromatic N) is 2. The first-order valence-corrected chi connectivity index (χ1v) is 5.60. The fourth-order valence-corrected chi connectivity index (χ4v) is 1.63. The van der Waals surface area contributed by atoms with Crippen molar-refractivity contribution in [3.05, 3.63) is 36.3 Å². The Labute approximate surface area is 99.6 Å². The van der Waals surface area contributed by atoms with Crippen LogP contribution in [0.5, 0.6) is 0 Å². The molecule has 0 bridgehead atoms. The number of carbonyl (C=O) groups excluding carboxylic acids is 1. The van der Waals surface area contributed by atoms with Crippen molar-refractivity contribution in [3.63, 3.8) is 0 Å². The minimum absolute atomic E-state index is 0.0444. The molecule has 90 valence electrons. The third kappa shape index (κ3) is 3.04. The number of rotatable bonds is 4. The third-order valence-corrected chi connectivity index (χ3v) is 2.39. The highest BCUT2D eigenvalue weighted by molar-refractivity contribution is 5.76. The van der Waals surface area contributed by atoms with Gasteiger partial charge in [0.2, 0.25) is 5.91 Å². The summed E-state index contributed by atoms with van der Waals surface area (Å²) in [4.78, 5) is 15.8. The van der Waals surface area contributed by atoms with Crippen molar-refractivity contribution in [2.24, 2.45) is 5.73 Å². The number of nitrogens with two attached hydrogens (primary N) is 1. The van der Waals surface area contributed by atoms with Crippen LogP contribution in [0.3, 0.4) is 0 Å². The minimum Gasteiger partial charge on any atom is -0.350 e. The summed E-state index contributed by atoms with van der Waals surface area (Å²) in [6.45, 7) is 2.25. The van der Waals surface area contributed by atoms with Crippen LogP contribution in [0, 0.1) is 0 Å². The number of nitrogens with one attached hydrogen (secondary N) is 1. The van der Waals surface area contributed by atoms with Crippen LogP contribution < -0.4 is 11.1 Å². The van der Waals surface area contributed by atoms with E-state index in [0.717, 1.165) is 11.3 Å². The molecular weight excluding hydrogens is 216 g/mol. The Kier molecular flexibility index (Phi) is 3.39. The zero-order valence-electron chi connectivity index (χ0n) is 9.76. The number of aromatic nitrogens is 2. The van der Waals surface area contributed by atoms with Gasteiger partial charge in [0.1, 0.15) is 5.65 Å². The summed E-state index contributed by atoms with van der Waals surface area (Å²) in [7, 11) is 0. The van der Waals surface area contributed by atoms with Gasteiger partial charge in [0.25, 0.3) is 0 Å². The van der Waals surface area contributed by atoms with Gasteiger partial charge in [-0.05, 0) is 19.1 Å². The highest BCUT2D eigenvalue weighted by Crippen LogP contribution is 2.04. The monoisotopic (exact) mass is 232 g/mol. The van der Waals surface area contributed by atoms with Crippen molar-refractivity contribution in [1.29, 1.82) is 0 Å². The van der Waals surface area contributed by atoms with Crippen LogP contribution in [0.4, 0.5) is 0 Å². The van der Waals surface area contributed by atoms with Crippen LogP contribution in [-0.2, 0) is 11.3 Å². The second-order valence-corrected chi connectivity index (χ2v) is 4.16. The predicted octanol–water partition coefficient (Wildman–Crippen LogP) is 0.688. The molecule has 0 spiro atoms. The van der Waals surface area contributed by atoms with Gasteiger partial charge in [-0.1, -0.05) is 6.07 Å². The zero-order chi connectivity index (χ0) is 12.3. The molecule has 2 heterocycles. The van der Waals surface area contributed by atoms with Crippen LogP contribution in [0.2, 0.25) is 0 Å². The van der Waals surface area contributed by atoms with Crippen LogP contribution in [-0.4, -0.2) is 21.3 Å².